The van der Waals surface area contributed by atoms with Gasteiger partial charge in [0.1, 0.15) is 0 Å². The van der Waals surface area contributed by atoms with Crippen molar-refractivity contribution in [2.45, 2.75) is 6.54 Å². The maximum absolute atomic E-state index is 10.8. The number of hydrogen-bond donors (Lipinski definition) is 3. The molecule has 0 spiro atoms. The molecule has 2 aromatic heterocycles. The average Bonchev–Trinajstić information content (AvgIpc) is 2.84. The van der Waals surface area contributed by atoms with Gasteiger partial charge in [-0.2, -0.15) is 0 Å². The summed E-state index contributed by atoms with van der Waals surface area (Å²) in [6.07, 6.45) is 1.87. The highest BCUT2D eigenvalue weighted by atomic mass is 16.4. The number of nitrogens with two attached hydrogens (primary N) is 1. The van der Waals surface area contributed by atoms with Gasteiger partial charge in [0.15, 0.2) is 0 Å². The van der Waals surface area contributed by atoms with Gasteiger partial charge in [-0.05, 0) is 18.2 Å². The van der Waals surface area contributed by atoms with Gasteiger partial charge in [0, 0.05) is 18.4 Å². The van der Waals surface area contributed by atoms with Crippen LogP contribution < -0.4 is 5.73 Å². The molecule has 2 heterocycles. The van der Waals surface area contributed by atoms with Crippen molar-refractivity contribution in [3.8, 4) is 0 Å². The average molecular weight is 230 g/mol. The molecule has 0 aliphatic rings. The SMILES string of the molecule is NCc1cn2c(nc3cc(C(=O)O)ccc32)[nH]1. The first kappa shape index (κ1) is 9.86. The number of aromatic nitrogens is 3. The van der Waals surface area contributed by atoms with Crippen LogP contribution >= 0.6 is 0 Å². The number of carboxylic acids is 1. The van der Waals surface area contributed by atoms with Gasteiger partial charge in [0.25, 0.3) is 0 Å². The Morgan fingerprint density at radius 1 is 1.53 bits per heavy atom. The molecule has 4 N–H and O–H groups in total. The van der Waals surface area contributed by atoms with E-state index in [4.69, 9.17) is 10.8 Å². The van der Waals surface area contributed by atoms with E-state index < -0.39 is 5.97 Å². The van der Waals surface area contributed by atoms with Gasteiger partial charge in [-0.15, -0.1) is 0 Å². The van der Waals surface area contributed by atoms with Gasteiger partial charge in [-0.25, -0.2) is 9.78 Å². The van der Waals surface area contributed by atoms with Crippen molar-refractivity contribution in [2.24, 2.45) is 5.73 Å². The Hall–Kier alpha value is -2.34. The summed E-state index contributed by atoms with van der Waals surface area (Å²) in [7, 11) is 0. The molecular weight excluding hydrogens is 220 g/mol. The molecule has 17 heavy (non-hydrogen) atoms. The van der Waals surface area contributed by atoms with Gasteiger partial charge >= 0.3 is 5.97 Å². The van der Waals surface area contributed by atoms with Crippen molar-refractivity contribution in [2.75, 3.05) is 0 Å². The monoisotopic (exact) mass is 230 g/mol. The van der Waals surface area contributed by atoms with Crippen LogP contribution in [0, 0.1) is 0 Å². The number of benzene rings is 1. The number of aromatic amines is 1. The van der Waals surface area contributed by atoms with Crippen LogP contribution in [0.15, 0.2) is 24.4 Å². The lowest BCUT2D eigenvalue weighted by molar-refractivity contribution is 0.0697. The van der Waals surface area contributed by atoms with Crippen LogP contribution in [0.1, 0.15) is 16.1 Å². The standard InChI is InChI=1S/C11H10N4O2/c12-4-7-5-15-9-2-1-6(10(16)17)3-8(9)14-11(15)13-7/h1-3,5H,4,12H2,(H,13,14)(H,16,17). The quantitative estimate of drug-likeness (QED) is 0.611. The van der Waals surface area contributed by atoms with Gasteiger partial charge in [0.05, 0.1) is 16.6 Å². The number of nitrogens with one attached hydrogen (secondary N) is 1. The van der Waals surface area contributed by atoms with Crippen molar-refractivity contribution in [3.05, 3.63) is 35.7 Å². The summed E-state index contributed by atoms with van der Waals surface area (Å²) in [4.78, 5) is 18.2. The predicted molar refractivity (Wildman–Crippen MR) is 61.9 cm³/mol. The van der Waals surface area contributed by atoms with E-state index in [1.54, 1.807) is 18.2 Å². The van der Waals surface area contributed by atoms with E-state index in [-0.39, 0.29) is 5.56 Å². The molecule has 0 saturated heterocycles. The van der Waals surface area contributed by atoms with E-state index in [1.807, 2.05) is 10.6 Å². The topological polar surface area (TPSA) is 96.4 Å². The minimum atomic E-state index is -0.953. The van der Waals surface area contributed by atoms with Crippen LogP contribution in [0.25, 0.3) is 16.8 Å². The van der Waals surface area contributed by atoms with Crippen molar-refractivity contribution in [1.29, 1.82) is 0 Å². The zero-order valence-corrected chi connectivity index (χ0v) is 8.84. The Morgan fingerprint density at radius 3 is 3.06 bits per heavy atom. The fourth-order valence-electron chi connectivity index (χ4n) is 1.89. The van der Waals surface area contributed by atoms with E-state index in [1.165, 1.54) is 0 Å². The maximum atomic E-state index is 10.8. The van der Waals surface area contributed by atoms with E-state index in [0.717, 1.165) is 11.2 Å². The number of hydrogen-bond acceptors (Lipinski definition) is 3. The molecule has 3 aromatic rings. The fourth-order valence-corrected chi connectivity index (χ4v) is 1.89. The van der Waals surface area contributed by atoms with Crippen LogP contribution in [0.3, 0.4) is 0 Å². The summed E-state index contributed by atoms with van der Waals surface area (Å²) < 4.78 is 1.86. The lowest BCUT2D eigenvalue weighted by Crippen LogP contribution is -1.96. The number of aromatic carboxylic acids is 1. The molecule has 0 radical (unpaired) electrons. The molecule has 0 aliphatic heterocycles. The molecule has 0 saturated carbocycles. The molecular formula is C11H10N4O2. The van der Waals surface area contributed by atoms with Crippen LogP contribution in [-0.4, -0.2) is 25.4 Å². The number of fused-ring (bicyclic) bond motifs is 3. The molecule has 6 heteroatoms. The molecule has 86 valence electrons. The Kier molecular flexibility index (Phi) is 1.93. The zero-order chi connectivity index (χ0) is 12.0. The molecule has 1 aromatic carbocycles. The van der Waals surface area contributed by atoms with Crippen LogP contribution in [0.5, 0.6) is 0 Å². The minimum Gasteiger partial charge on any atom is -0.478 e. The number of carbonyl (C=O) groups is 1. The van der Waals surface area contributed by atoms with E-state index >= 15 is 0 Å². The lowest BCUT2D eigenvalue weighted by atomic mass is 10.2. The largest absolute Gasteiger partial charge is 0.478 e. The second-order valence-corrected chi connectivity index (χ2v) is 3.80. The highest BCUT2D eigenvalue weighted by molar-refractivity contribution is 5.93. The summed E-state index contributed by atoms with van der Waals surface area (Å²) in [6.45, 7) is 0.415. The molecule has 0 unspecified atom stereocenters. The van der Waals surface area contributed by atoms with Crippen molar-refractivity contribution in [3.63, 3.8) is 0 Å². The third kappa shape index (κ3) is 1.38. The number of nitrogens with zero attached hydrogens (tertiary/aromatic N) is 2. The molecule has 0 amide bonds. The van der Waals surface area contributed by atoms with Gasteiger partial charge in [0.2, 0.25) is 5.78 Å². The van der Waals surface area contributed by atoms with Gasteiger partial charge in [-0.1, -0.05) is 0 Å². The zero-order valence-electron chi connectivity index (χ0n) is 8.84. The summed E-state index contributed by atoms with van der Waals surface area (Å²) in [6, 6.07) is 4.86. The summed E-state index contributed by atoms with van der Waals surface area (Å²) in [5, 5.41) is 8.89. The van der Waals surface area contributed by atoms with Crippen LogP contribution in [-0.2, 0) is 6.54 Å². The van der Waals surface area contributed by atoms with Gasteiger partial charge < -0.3 is 15.8 Å². The van der Waals surface area contributed by atoms with Crippen LogP contribution in [0.4, 0.5) is 0 Å². The first-order valence-corrected chi connectivity index (χ1v) is 5.12. The van der Waals surface area contributed by atoms with Crippen molar-refractivity contribution < 1.29 is 9.90 Å². The smallest absolute Gasteiger partial charge is 0.335 e. The fraction of sp³-hybridized carbons (Fsp3) is 0.0909. The van der Waals surface area contributed by atoms with Crippen LogP contribution in [0.2, 0.25) is 0 Å². The van der Waals surface area contributed by atoms with E-state index in [0.29, 0.717) is 17.8 Å². The summed E-state index contributed by atoms with van der Waals surface area (Å²) in [5.74, 6) is -0.283. The molecule has 6 nitrogen and oxygen atoms in total. The van der Waals surface area contributed by atoms with Crippen molar-refractivity contribution in [1.82, 2.24) is 14.4 Å². The summed E-state index contributed by atoms with van der Waals surface area (Å²) in [5.41, 5.74) is 8.16. The molecule has 0 atom stereocenters. The Balaban J connectivity index is 2.30. The second-order valence-electron chi connectivity index (χ2n) is 3.80. The Bertz CT molecular complexity index is 726. The molecule has 0 fully saturated rings. The maximum Gasteiger partial charge on any atom is 0.335 e. The van der Waals surface area contributed by atoms with E-state index in [2.05, 4.69) is 9.97 Å². The van der Waals surface area contributed by atoms with E-state index in [9.17, 15) is 4.79 Å². The lowest BCUT2D eigenvalue weighted by Gasteiger charge is -1.94. The highest BCUT2D eigenvalue weighted by Gasteiger charge is 2.10. The number of imidazole rings is 2. The molecule has 3 rings (SSSR count). The predicted octanol–water partition coefficient (Wildman–Crippen LogP) is 0.972. The van der Waals surface area contributed by atoms with Gasteiger partial charge in [-0.3, -0.25) is 4.40 Å². The molecule has 0 aliphatic carbocycles. The number of rotatable bonds is 2. The normalized spacial score (nSPS) is 11.4. The minimum absolute atomic E-state index is 0.234. The van der Waals surface area contributed by atoms with Crippen molar-refractivity contribution >= 4 is 22.8 Å². The first-order valence-electron chi connectivity index (χ1n) is 5.12. The number of H-pyrrole nitrogens is 1. The third-order valence-corrected chi connectivity index (χ3v) is 2.71. The first-order chi connectivity index (χ1) is 8.19. The third-order valence-electron chi connectivity index (χ3n) is 2.71. The second kappa shape index (κ2) is 3.33. The Morgan fingerprint density at radius 2 is 2.35 bits per heavy atom. The highest BCUT2D eigenvalue weighted by Crippen LogP contribution is 2.18. The summed E-state index contributed by atoms with van der Waals surface area (Å²) >= 11 is 0. The number of carboxylic acid groups (broad SMARTS) is 1. The Labute approximate surface area is 95.7 Å². The molecule has 0 bridgehead atoms.